The summed E-state index contributed by atoms with van der Waals surface area (Å²) in [6, 6.07) is 12.9. The molecule has 0 radical (unpaired) electrons. The number of fused-ring (bicyclic) bond motifs is 2. The molecule has 3 rings (SSSR count). The summed E-state index contributed by atoms with van der Waals surface area (Å²) < 4.78 is 7.15. The van der Waals surface area contributed by atoms with Gasteiger partial charge in [0.1, 0.15) is 11.3 Å². The van der Waals surface area contributed by atoms with Crippen LogP contribution in [0, 0.1) is 5.92 Å². The topological polar surface area (TPSA) is 25.2 Å². The normalized spacial score (nSPS) is 13.4. The molecule has 1 N–H and O–H groups in total. The Labute approximate surface area is 127 Å². The van der Waals surface area contributed by atoms with Crippen LogP contribution in [0.3, 0.4) is 0 Å². The third-order valence-electron chi connectivity index (χ3n) is 3.77. The van der Waals surface area contributed by atoms with Crippen molar-refractivity contribution in [2.45, 2.75) is 19.9 Å². The lowest BCUT2D eigenvalue weighted by Crippen LogP contribution is -2.20. The van der Waals surface area contributed by atoms with Crippen molar-refractivity contribution in [3.63, 3.8) is 0 Å². The molecule has 1 aromatic heterocycles. The van der Waals surface area contributed by atoms with Crippen LogP contribution in [0.4, 0.5) is 0 Å². The second kappa shape index (κ2) is 5.23. The van der Waals surface area contributed by atoms with E-state index in [0.29, 0.717) is 5.92 Å². The Bertz CT molecular complexity index is 760. The monoisotopic (exact) mass is 331 g/mol. The fourth-order valence-electron chi connectivity index (χ4n) is 2.77. The molecule has 0 aliphatic carbocycles. The molecule has 2 aromatic carbocycles. The van der Waals surface area contributed by atoms with E-state index in [1.807, 2.05) is 13.1 Å². The first-order valence-corrected chi connectivity index (χ1v) is 7.69. The average molecular weight is 332 g/mol. The highest BCUT2D eigenvalue weighted by Gasteiger charge is 2.19. The van der Waals surface area contributed by atoms with Crippen LogP contribution in [0.5, 0.6) is 0 Å². The third kappa shape index (κ3) is 2.15. The number of hydrogen-bond donors (Lipinski definition) is 1. The molecule has 0 aliphatic heterocycles. The predicted octanol–water partition coefficient (Wildman–Crippen LogP) is 5.27. The molecular formula is C17H18BrNO. The van der Waals surface area contributed by atoms with E-state index >= 15 is 0 Å². The van der Waals surface area contributed by atoms with E-state index in [9.17, 15) is 0 Å². The molecule has 20 heavy (non-hydrogen) atoms. The lowest BCUT2D eigenvalue weighted by molar-refractivity contribution is 0.370. The van der Waals surface area contributed by atoms with Crippen molar-refractivity contribution in [2.75, 3.05) is 7.05 Å². The van der Waals surface area contributed by atoms with Crippen molar-refractivity contribution in [2.24, 2.45) is 5.92 Å². The lowest BCUT2D eigenvalue weighted by atomic mass is 10.0. The largest absolute Gasteiger partial charge is 0.458 e. The van der Waals surface area contributed by atoms with Crippen LogP contribution < -0.4 is 5.32 Å². The Balaban J connectivity index is 2.25. The molecular weight excluding hydrogens is 314 g/mol. The van der Waals surface area contributed by atoms with Gasteiger partial charge in [-0.1, -0.05) is 38.1 Å². The minimum absolute atomic E-state index is 0.234. The Morgan fingerprint density at radius 2 is 1.85 bits per heavy atom. The van der Waals surface area contributed by atoms with Gasteiger partial charge in [-0.3, -0.25) is 0 Å². The zero-order valence-electron chi connectivity index (χ0n) is 11.9. The summed E-state index contributed by atoms with van der Waals surface area (Å²) in [6.07, 6.45) is 0. The lowest BCUT2D eigenvalue weighted by Gasteiger charge is -2.17. The van der Waals surface area contributed by atoms with E-state index in [4.69, 9.17) is 4.42 Å². The molecule has 0 saturated carbocycles. The second-order valence-corrected chi connectivity index (χ2v) is 6.28. The molecule has 0 spiro atoms. The number of benzene rings is 2. The van der Waals surface area contributed by atoms with Gasteiger partial charge >= 0.3 is 0 Å². The number of halogens is 1. The highest BCUT2D eigenvalue weighted by molar-refractivity contribution is 9.10. The van der Waals surface area contributed by atoms with Crippen LogP contribution in [-0.2, 0) is 0 Å². The van der Waals surface area contributed by atoms with Crippen molar-refractivity contribution < 1.29 is 4.42 Å². The van der Waals surface area contributed by atoms with Crippen molar-refractivity contribution >= 4 is 37.7 Å². The van der Waals surface area contributed by atoms with E-state index in [1.54, 1.807) is 0 Å². The van der Waals surface area contributed by atoms with Gasteiger partial charge in [-0.15, -0.1) is 0 Å². The minimum atomic E-state index is 0.234. The van der Waals surface area contributed by atoms with Crippen LogP contribution in [0.15, 0.2) is 45.3 Å². The summed E-state index contributed by atoms with van der Waals surface area (Å²) in [6.45, 7) is 4.39. The van der Waals surface area contributed by atoms with Crippen LogP contribution in [0.2, 0.25) is 0 Å². The fourth-order valence-corrected chi connectivity index (χ4v) is 3.44. The van der Waals surface area contributed by atoms with Gasteiger partial charge in [0.2, 0.25) is 0 Å². The van der Waals surface area contributed by atoms with Gasteiger partial charge in [-0.05, 0) is 51.8 Å². The summed E-state index contributed by atoms with van der Waals surface area (Å²) in [5.41, 5.74) is 0.930. The zero-order chi connectivity index (χ0) is 14.3. The zero-order valence-corrected chi connectivity index (χ0v) is 13.5. The first-order chi connectivity index (χ1) is 9.61. The molecule has 104 valence electrons. The Morgan fingerprint density at radius 1 is 1.10 bits per heavy atom. The first-order valence-electron chi connectivity index (χ1n) is 6.89. The molecule has 3 aromatic rings. The van der Waals surface area contributed by atoms with Gasteiger partial charge in [0.05, 0.1) is 10.5 Å². The van der Waals surface area contributed by atoms with E-state index in [-0.39, 0.29) is 6.04 Å². The van der Waals surface area contributed by atoms with Gasteiger partial charge < -0.3 is 9.73 Å². The molecule has 0 saturated heterocycles. The van der Waals surface area contributed by atoms with Crippen molar-refractivity contribution in [3.05, 3.63) is 46.6 Å². The highest BCUT2D eigenvalue weighted by Crippen LogP contribution is 2.36. The molecule has 3 heteroatoms. The SMILES string of the molecule is CNC(c1cc2cc3ccccc3c(Br)c2o1)C(C)C. The van der Waals surface area contributed by atoms with E-state index in [1.165, 1.54) is 10.8 Å². The average Bonchev–Trinajstić information content (AvgIpc) is 2.83. The van der Waals surface area contributed by atoms with Crippen molar-refractivity contribution in [1.82, 2.24) is 5.32 Å². The summed E-state index contributed by atoms with van der Waals surface area (Å²) in [5, 5.41) is 6.89. The van der Waals surface area contributed by atoms with Gasteiger partial charge in [0.25, 0.3) is 0 Å². The van der Waals surface area contributed by atoms with E-state index in [0.717, 1.165) is 21.2 Å². The maximum Gasteiger partial charge on any atom is 0.149 e. The van der Waals surface area contributed by atoms with Crippen LogP contribution in [0.1, 0.15) is 25.6 Å². The van der Waals surface area contributed by atoms with Crippen LogP contribution in [0.25, 0.3) is 21.7 Å². The van der Waals surface area contributed by atoms with Gasteiger partial charge in [-0.25, -0.2) is 0 Å². The number of rotatable bonds is 3. The quantitative estimate of drug-likeness (QED) is 0.707. The molecule has 1 atom stereocenters. The van der Waals surface area contributed by atoms with Gasteiger partial charge in [-0.2, -0.15) is 0 Å². The van der Waals surface area contributed by atoms with Crippen molar-refractivity contribution in [3.8, 4) is 0 Å². The maximum absolute atomic E-state index is 6.11. The predicted molar refractivity (Wildman–Crippen MR) is 88.1 cm³/mol. The summed E-state index contributed by atoms with van der Waals surface area (Å²) in [5.74, 6) is 1.47. The number of furan rings is 1. The van der Waals surface area contributed by atoms with E-state index in [2.05, 4.69) is 65.4 Å². The molecule has 0 aliphatic rings. The number of hydrogen-bond acceptors (Lipinski definition) is 2. The second-order valence-electron chi connectivity index (χ2n) is 5.49. The fraction of sp³-hybridized carbons (Fsp3) is 0.294. The Hall–Kier alpha value is -1.32. The molecule has 1 heterocycles. The minimum Gasteiger partial charge on any atom is -0.458 e. The van der Waals surface area contributed by atoms with Crippen LogP contribution >= 0.6 is 15.9 Å². The molecule has 0 amide bonds. The standard InChI is InChI=1S/C17H18BrNO/c1-10(2)16(19-3)14-9-12-8-11-6-4-5-7-13(11)15(18)17(12)20-14/h4-10,16,19H,1-3H3. The highest BCUT2D eigenvalue weighted by atomic mass is 79.9. The van der Waals surface area contributed by atoms with Gasteiger partial charge in [0.15, 0.2) is 0 Å². The third-order valence-corrected chi connectivity index (χ3v) is 4.56. The van der Waals surface area contributed by atoms with Gasteiger partial charge in [0, 0.05) is 5.39 Å². The Morgan fingerprint density at radius 3 is 2.55 bits per heavy atom. The first kappa shape index (κ1) is 13.7. The molecule has 0 bridgehead atoms. The summed E-state index contributed by atoms with van der Waals surface area (Å²) >= 11 is 3.69. The van der Waals surface area contributed by atoms with Crippen molar-refractivity contribution in [1.29, 1.82) is 0 Å². The smallest absolute Gasteiger partial charge is 0.149 e. The summed E-state index contributed by atoms with van der Waals surface area (Å²) in [7, 11) is 1.98. The molecule has 0 fully saturated rings. The van der Waals surface area contributed by atoms with E-state index < -0.39 is 0 Å². The molecule has 2 nitrogen and oxygen atoms in total. The maximum atomic E-state index is 6.11. The Kier molecular flexibility index (Phi) is 3.57. The molecule has 1 unspecified atom stereocenters. The number of nitrogens with one attached hydrogen (secondary N) is 1. The summed E-state index contributed by atoms with van der Waals surface area (Å²) in [4.78, 5) is 0. The van der Waals surface area contributed by atoms with Crippen LogP contribution in [-0.4, -0.2) is 7.05 Å².